The second kappa shape index (κ2) is 7.94. The molecule has 0 spiro atoms. The lowest BCUT2D eigenvalue weighted by Crippen LogP contribution is -2.31. The number of hydrogen-bond acceptors (Lipinski definition) is 4. The van der Waals surface area contributed by atoms with Gasteiger partial charge in [0.2, 0.25) is 0 Å². The summed E-state index contributed by atoms with van der Waals surface area (Å²) in [5, 5.41) is 4.40. The molecule has 1 rings (SSSR count). The smallest absolute Gasteiger partial charge is 0.0740 e. The third kappa shape index (κ3) is 5.18. The Morgan fingerprint density at radius 1 is 1.53 bits per heavy atom. The summed E-state index contributed by atoms with van der Waals surface area (Å²) in [7, 11) is 3.66. The first-order valence-electron chi connectivity index (χ1n) is 6.13. The van der Waals surface area contributed by atoms with Crippen molar-refractivity contribution in [2.24, 2.45) is 12.8 Å². The van der Waals surface area contributed by atoms with Crippen LogP contribution in [0.15, 0.2) is 4.47 Å². The van der Waals surface area contributed by atoms with E-state index < -0.39 is 0 Å². The van der Waals surface area contributed by atoms with E-state index in [1.807, 2.05) is 18.7 Å². The van der Waals surface area contributed by atoms with Gasteiger partial charge in [-0.2, -0.15) is 5.10 Å². The van der Waals surface area contributed by atoms with Crippen molar-refractivity contribution in [1.82, 2.24) is 14.7 Å². The van der Waals surface area contributed by atoms with Crippen molar-refractivity contribution in [2.45, 2.75) is 19.9 Å². The fourth-order valence-corrected chi connectivity index (χ4v) is 2.37. The maximum Gasteiger partial charge on any atom is 0.0740 e. The number of thiocarbonyl (C=S) groups is 1. The zero-order valence-electron chi connectivity index (χ0n) is 11.6. The van der Waals surface area contributed by atoms with Crippen LogP contribution >= 0.6 is 28.1 Å². The number of ether oxygens (including phenoxy) is 1. The molecule has 2 N–H and O–H groups in total. The zero-order chi connectivity index (χ0) is 14.4. The first kappa shape index (κ1) is 16.6. The molecule has 5 nitrogen and oxygen atoms in total. The minimum Gasteiger partial charge on any atom is -0.393 e. The molecule has 0 bridgehead atoms. The minimum atomic E-state index is 0.544. The van der Waals surface area contributed by atoms with E-state index >= 15 is 0 Å². The molecule has 108 valence electrons. The lowest BCUT2D eigenvalue weighted by atomic mass is 10.3. The van der Waals surface area contributed by atoms with Crippen molar-refractivity contribution < 1.29 is 4.74 Å². The Hall–Kier alpha value is -0.500. The Morgan fingerprint density at radius 2 is 2.21 bits per heavy atom. The number of aryl methyl sites for hydroxylation is 2. The van der Waals surface area contributed by atoms with Crippen LogP contribution < -0.4 is 5.73 Å². The first-order chi connectivity index (χ1) is 8.95. The van der Waals surface area contributed by atoms with Gasteiger partial charge in [-0.3, -0.25) is 9.58 Å². The molecule has 7 heteroatoms. The van der Waals surface area contributed by atoms with E-state index in [2.05, 4.69) is 25.9 Å². The highest BCUT2D eigenvalue weighted by atomic mass is 79.9. The molecule has 19 heavy (non-hydrogen) atoms. The van der Waals surface area contributed by atoms with Gasteiger partial charge in [-0.1, -0.05) is 12.2 Å². The highest BCUT2D eigenvalue weighted by Crippen LogP contribution is 2.21. The van der Waals surface area contributed by atoms with Gasteiger partial charge in [0.15, 0.2) is 0 Å². The van der Waals surface area contributed by atoms with Gasteiger partial charge in [0.25, 0.3) is 0 Å². The van der Waals surface area contributed by atoms with Crippen LogP contribution in [0.3, 0.4) is 0 Å². The Labute approximate surface area is 128 Å². The average molecular weight is 349 g/mol. The maximum atomic E-state index is 5.57. The lowest BCUT2D eigenvalue weighted by molar-refractivity contribution is 0.144. The highest BCUT2D eigenvalue weighted by Gasteiger charge is 2.14. The van der Waals surface area contributed by atoms with Gasteiger partial charge < -0.3 is 10.5 Å². The van der Waals surface area contributed by atoms with E-state index in [0.29, 0.717) is 18.0 Å². The van der Waals surface area contributed by atoms with Gasteiger partial charge in [0.1, 0.15) is 0 Å². The molecule has 1 aromatic rings. The van der Waals surface area contributed by atoms with Crippen LogP contribution in [0.5, 0.6) is 0 Å². The third-order valence-corrected chi connectivity index (χ3v) is 4.16. The largest absolute Gasteiger partial charge is 0.393 e. The van der Waals surface area contributed by atoms with Crippen LogP contribution in [0.25, 0.3) is 0 Å². The van der Waals surface area contributed by atoms with Gasteiger partial charge in [-0.05, 0) is 22.9 Å². The second-order valence-corrected chi connectivity index (χ2v) is 5.77. The zero-order valence-corrected chi connectivity index (χ0v) is 14.1. The van der Waals surface area contributed by atoms with Crippen LogP contribution in [0, 0.1) is 6.92 Å². The molecular formula is C12H21BrN4OS. The topological polar surface area (TPSA) is 56.3 Å². The summed E-state index contributed by atoms with van der Waals surface area (Å²) in [6, 6.07) is 0. The molecule has 0 unspecified atom stereocenters. The average Bonchev–Trinajstić information content (AvgIpc) is 2.58. The summed E-state index contributed by atoms with van der Waals surface area (Å²) in [5.41, 5.74) is 7.72. The summed E-state index contributed by atoms with van der Waals surface area (Å²) in [6.45, 7) is 5.14. The normalized spacial score (nSPS) is 11.2. The van der Waals surface area contributed by atoms with E-state index in [1.165, 1.54) is 0 Å². The Bertz CT molecular complexity index is 436. The molecule has 0 saturated carbocycles. The number of rotatable bonds is 8. The van der Waals surface area contributed by atoms with Crippen LogP contribution in [-0.4, -0.2) is 46.5 Å². The molecule has 0 radical (unpaired) electrons. The fraction of sp³-hybridized carbons (Fsp3) is 0.667. The molecule has 1 heterocycles. The SMILES string of the molecule is COCCN(CCC(N)=S)Cc1c(Br)c(C)nn1C. The number of hydrogen-bond donors (Lipinski definition) is 1. The minimum absolute atomic E-state index is 0.544. The molecule has 0 aliphatic heterocycles. The van der Waals surface area contributed by atoms with Crippen molar-refractivity contribution in [3.05, 3.63) is 15.9 Å². The summed E-state index contributed by atoms with van der Waals surface area (Å²) in [4.78, 5) is 2.81. The van der Waals surface area contributed by atoms with E-state index in [9.17, 15) is 0 Å². The third-order valence-electron chi connectivity index (χ3n) is 2.92. The van der Waals surface area contributed by atoms with E-state index in [0.717, 1.165) is 35.5 Å². The molecule has 0 fully saturated rings. The summed E-state index contributed by atoms with van der Waals surface area (Å²) in [6.07, 6.45) is 0.716. The van der Waals surface area contributed by atoms with Gasteiger partial charge >= 0.3 is 0 Å². The van der Waals surface area contributed by atoms with Crippen molar-refractivity contribution in [3.63, 3.8) is 0 Å². The molecule has 0 amide bonds. The number of nitrogens with zero attached hydrogens (tertiary/aromatic N) is 3. The molecule has 0 aromatic carbocycles. The van der Waals surface area contributed by atoms with Crippen molar-refractivity contribution in [1.29, 1.82) is 0 Å². The Balaban J connectivity index is 2.72. The van der Waals surface area contributed by atoms with Crippen molar-refractivity contribution in [2.75, 3.05) is 26.8 Å². The van der Waals surface area contributed by atoms with E-state index in [4.69, 9.17) is 22.7 Å². The van der Waals surface area contributed by atoms with Gasteiger partial charge in [-0.15, -0.1) is 0 Å². The molecular weight excluding hydrogens is 328 g/mol. The summed E-state index contributed by atoms with van der Waals surface area (Å²) >= 11 is 8.53. The van der Waals surface area contributed by atoms with Crippen LogP contribution in [0.1, 0.15) is 17.8 Å². The molecule has 0 aliphatic carbocycles. The van der Waals surface area contributed by atoms with Crippen LogP contribution in [0.4, 0.5) is 0 Å². The monoisotopic (exact) mass is 348 g/mol. The first-order valence-corrected chi connectivity index (χ1v) is 7.33. The number of methoxy groups -OCH3 is 1. The van der Waals surface area contributed by atoms with Gasteiger partial charge in [0.05, 0.1) is 27.5 Å². The predicted molar refractivity (Wildman–Crippen MR) is 84.2 cm³/mol. The summed E-state index contributed by atoms with van der Waals surface area (Å²) < 4.78 is 8.11. The fourth-order valence-electron chi connectivity index (χ4n) is 1.82. The lowest BCUT2D eigenvalue weighted by Gasteiger charge is -2.22. The van der Waals surface area contributed by atoms with Crippen LogP contribution in [0.2, 0.25) is 0 Å². The Morgan fingerprint density at radius 3 is 2.68 bits per heavy atom. The predicted octanol–water partition coefficient (Wildman–Crippen LogP) is 1.62. The van der Waals surface area contributed by atoms with E-state index in [-0.39, 0.29) is 0 Å². The Kier molecular flexibility index (Phi) is 6.92. The van der Waals surface area contributed by atoms with Gasteiger partial charge in [-0.25, -0.2) is 0 Å². The second-order valence-electron chi connectivity index (χ2n) is 4.45. The number of halogens is 1. The molecule has 0 saturated heterocycles. The molecule has 0 aliphatic rings. The van der Waals surface area contributed by atoms with Crippen molar-refractivity contribution >= 4 is 33.1 Å². The standard InChI is InChI=1S/C12H21BrN4OS/c1-9-12(13)10(16(2)15-9)8-17(6-7-18-3)5-4-11(14)19/h4-8H2,1-3H3,(H2,14,19). The molecule has 0 atom stereocenters. The molecule has 1 aromatic heterocycles. The quantitative estimate of drug-likeness (QED) is 0.723. The van der Waals surface area contributed by atoms with Crippen molar-refractivity contribution in [3.8, 4) is 0 Å². The number of aromatic nitrogens is 2. The van der Waals surface area contributed by atoms with Gasteiger partial charge in [0, 0.05) is 40.2 Å². The van der Waals surface area contributed by atoms with Crippen LogP contribution in [-0.2, 0) is 18.3 Å². The number of nitrogens with two attached hydrogens (primary N) is 1. The maximum absolute atomic E-state index is 5.57. The highest BCUT2D eigenvalue weighted by molar-refractivity contribution is 9.10. The summed E-state index contributed by atoms with van der Waals surface area (Å²) in [5.74, 6) is 0. The van der Waals surface area contributed by atoms with E-state index in [1.54, 1.807) is 7.11 Å².